The summed E-state index contributed by atoms with van der Waals surface area (Å²) in [4.78, 5) is 22.4. The molecule has 3 aromatic heterocycles. The van der Waals surface area contributed by atoms with Gasteiger partial charge in [-0.3, -0.25) is 14.7 Å². The normalized spacial score (nSPS) is 12.6. The van der Waals surface area contributed by atoms with E-state index in [4.69, 9.17) is 15.0 Å². The van der Waals surface area contributed by atoms with E-state index in [0.29, 0.717) is 0 Å². The van der Waals surface area contributed by atoms with Crippen LogP contribution in [0.3, 0.4) is 0 Å². The highest BCUT2D eigenvalue weighted by molar-refractivity contribution is 6.25. The summed E-state index contributed by atoms with van der Waals surface area (Å²) in [5.74, 6) is 2.51. The molecule has 14 rings (SSSR count). The quantitative estimate of drug-likeness (QED) is 0.106. The van der Waals surface area contributed by atoms with Crippen molar-refractivity contribution in [3.63, 3.8) is 0 Å². The first-order chi connectivity index (χ1) is 36.5. The molecule has 0 fully saturated rings. The molecule has 0 spiro atoms. The lowest BCUT2D eigenvalue weighted by Crippen LogP contribution is -2.18. The summed E-state index contributed by atoms with van der Waals surface area (Å²) >= 11 is 0. The van der Waals surface area contributed by atoms with Gasteiger partial charge in [0, 0.05) is 67.4 Å². The van der Waals surface area contributed by atoms with Crippen LogP contribution in [0.2, 0.25) is 0 Å². The lowest BCUT2D eigenvalue weighted by molar-refractivity contribution is 0.661. The van der Waals surface area contributed by atoms with Crippen LogP contribution in [0.1, 0.15) is 25.0 Å². The van der Waals surface area contributed by atoms with Crippen LogP contribution in [-0.2, 0) is 5.41 Å². The Labute approximate surface area is 429 Å². The van der Waals surface area contributed by atoms with E-state index in [0.717, 1.165) is 100 Å². The van der Waals surface area contributed by atoms with Gasteiger partial charge in [-0.15, -0.1) is 0 Å². The molecular formula is C68H48N6. The van der Waals surface area contributed by atoms with Gasteiger partial charge in [-0.05, 0) is 117 Å². The third-order valence-electron chi connectivity index (χ3n) is 15.1. The number of fused-ring (bicyclic) bond motifs is 8. The Bertz CT molecular complexity index is 4290. The van der Waals surface area contributed by atoms with Crippen molar-refractivity contribution < 1.29 is 0 Å². The minimum Gasteiger partial charge on any atom is -0.294 e. The highest BCUT2D eigenvalue weighted by atomic mass is 15.2. The van der Waals surface area contributed by atoms with Crippen molar-refractivity contribution in [1.29, 1.82) is 0 Å². The number of nitrogens with zero attached hydrogens (tertiary/aromatic N) is 6. The Hall–Kier alpha value is -9.65. The average molecular weight is 949 g/mol. The van der Waals surface area contributed by atoms with Crippen LogP contribution in [0, 0.1) is 0 Å². The lowest BCUT2D eigenvalue weighted by Gasteiger charge is -2.33. The second-order valence-corrected chi connectivity index (χ2v) is 19.6. The van der Waals surface area contributed by atoms with E-state index >= 15 is 0 Å². The molecule has 13 aromatic rings. The fourth-order valence-corrected chi connectivity index (χ4v) is 11.7. The Balaban J connectivity index is 1.10. The average Bonchev–Trinajstić information content (AvgIpc) is 3.68. The Kier molecular flexibility index (Phi) is 10.1. The first-order valence-electron chi connectivity index (χ1n) is 25.3. The minimum atomic E-state index is -0.419. The molecule has 0 unspecified atom stereocenters. The van der Waals surface area contributed by atoms with Crippen LogP contribution in [0.5, 0.6) is 0 Å². The highest BCUT2D eigenvalue weighted by Gasteiger charge is 2.38. The lowest BCUT2D eigenvalue weighted by atomic mass is 9.81. The van der Waals surface area contributed by atoms with Crippen molar-refractivity contribution in [2.24, 2.45) is 0 Å². The molecule has 6 nitrogen and oxygen atoms in total. The van der Waals surface area contributed by atoms with Crippen LogP contribution >= 0.6 is 0 Å². The second-order valence-electron chi connectivity index (χ2n) is 19.6. The van der Waals surface area contributed by atoms with E-state index in [1.165, 1.54) is 27.6 Å². The number of rotatable bonds is 9. The molecule has 0 saturated carbocycles. The van der Waals surface area contributed by atoms with Crippen molar-refractivity contribution in [1.82, 2.24) is 15.0 Å². The maximum atomic E-state index is 5.16. The zero-order valence-electron chi connectivity index (χ0n) is 40.9. The molecule has 0 amide bonds. The molecule has 0 aliphatic heterocycles. The van der Waals surface area contributed by atoms with Crippen molar-refractivity contribution in [3.8, 4) is 11.1 Å². The van der Waals surface area contributed by atoms with Crippen LogP contribution in [0.25, 0.3) is 65.0 Å². The fourth-order valence-electron chi connectivity index (χ4n) is 11.7. The van der Waals surface area contributed by atoms with Gasteiger partial charge < -0.3 is 0 Å². The SMILES string of the molecule is CC1(C)c2cc(N(c3ccccn3)c3cccc4ccccc34)ccc2-c2cc3c(N(c4ccccn4)c4cccc5ccccc45)c4ccccc4c(N(c4ccccn4)c4cccc5ccccc45)c3cc21. The van der Waals surface area contributed by atoms with Gasteiger partial charge in [0.1, 0.15) is 17.5 Å². The molecule has 1 aliphatic carbocycles. The standard InChI is InChI=1S/C68H48N6/c1-68(2)58-42-48(72(63-34-11-14-39-69-63)60-31-17-23-45-20-3-6-26-49(45)60)37-38-52(58)55-43-56-57(44-59(55)68)67(74(65-36-13-16-41-71-65)62-33-19-25-47-22-5-8-28-51(47)62)54-30-10-9-29-53(54)66(56)73(64-35-12-15-40-70-64)61-32-18-24-46-21-4-7-27-50(46)61/h3-44H,1-2H3. The predicted octanol–water partition coefficient (Wildman–Crippen LogP) is 18.4. The second kappa shape index (κ2) is 17.3. The largest absolute Gasteiger partial charge is 0.294 e. The zero-order chi connectivity index (χ0) is 49.3. The predicted molar refractivity (Wildman–Crippen MR) is 309 cm³/mol. The van der Waals surface area contributed by atoms with Crippen LogP contribution in [-0.4, -0.2) is 15.0 Å². The molecule has 74 heavy (non-hydrogen) atoms. The van der Waals surface area contributed by atoms with Crippen LogP contribution < -0.4 is 14.7 Å². The van der Waals surface area contributed by atoms with E-state index in [1.807, 2.05) is 36.8 Å². The summed E-state index contributed by atoms with van der Waals surface area (Å²) in [5.41, 5.74) is 10.8. The summed E-state index contributed by atoms with van der Waals surface area (Å²) in [5, 5.41) is 11.3. The maximum absolute atomic E-state index is 5.16. The summed E-state index contributed by atoms with van der Waals surface area (Å²) < 4.78 is 0. The Morgan fingerprint density at radius 3 is 1.14 bits per heavy atom. The molecule has 0 N–H and O–H groups in total. The highest BCUT2D eigenvalue weighted by Crippen LogP contribution is 2.57. The summed E-state index contributed by atoms with van der Waals surface area (Å²) in [6.45, 7) is 4.77. The summed E-state index contributed by atoms with van der Waals surface area (Å²) in [6.07, 6.45) is 5.68. The topological polar surface area (TPSA) is 48.4 Å². The first-order valence-corrected chi connectivity index (χ1v) is 25.3. The van der Waals surface area contributed by atoms with E-state index in [1.54, 1.807) is 0 Å². The molecule has 1 aliphatic rings. The van der Waals surface area contributed by atoms with Gasteiger partial charge in [-0.2, -0.15) is 0 Å². The number of hydrogen-bond acceptors (Lipinski definition) is 6. The monoisotopic (exact) mass is 948 g/mol. The molecular weight excluding hydrogens is 901 g/mol. The maximum Gasteiger partial charge on any atom is 0.137 e. The van der Waals surface area contributed by atoms with E-state index in [-0.39, 0.29) is 0 Å². The van der Waals surface area contributed by atoms with Crippen molar-refractivity contribution >= 4 is 105 Å². The minimum absolute atomic E-state index is 0.419. The number of benzene rings is 10. The third-order valence-corrected chi connectivity index (χ3v) is 15.1. The van der Waals surface area contributed by atoms with Gasteiger partial charge in [0.2, 0.25) is 0 Å². The number of aromatic nitrogens is 3. The molecule has 0 bridgehead atoms. The van der Waals surface area contributed by atoms with Gasteiger partial charge >= 0.3 is 0 Å². The molecule has 0 radical (unpaired) electrons. The van der Waals surface area contributed by atoms with Gasteiger partial charge in [0.15, 0.2) is 0 Å². The molecule has 0 atom stereocenters. The van der Waals surface area contributed by atoms with Crippen LogP contribution in [0.4, 0.5) is 51.6 Å². The van der Waals surface area contributed by atoms with E-state index in [2.05, 4.69) is 247 Å². The molecule has 10 aromatic carbocycles. The van der Waals surface area contributed by atoms with Crippen LogP contribution in [0.15, 0.2) is 255 Å². The number of hydrogen-bond donors (Lipinski definition) is 0. The van der Waals surface area contributed by atoms with Crippen molar-refractivity contribution in [2.75, 3.05) is 14.7 Å². The Morgan fingerprint density at radius 2 is 0.676 bits per heavy atom. The molecule has 350 valence electrons. The van der Waals surface area contributed by atoms with Gasteiger partial charge in [-0.1, -0.05) is 172 Å². The van der Waals surface area contributed by atoms with E-state index < -0.39 is 5.41 Å². The van der Waals surface area contributed by atoms with Crippen molar-refractivity contribution in [2.45, 2.75) is 19.3 Å². The summed E-state index contributed by atoms with van der Waals surface area (Å²) in [7, 11) is 0. The molecule has 3 heterocycles. The van der Waals surface area contributed by atoms with E-state index in [9.17, 15) is 0 Å². The zero-order valence-corrected chi connectivity index (χ0v) is 40.9. The van der Waals surface area contributed by atoms with Gasteiger partial charge in [0.05, 0.1) is 28.4 Å². The molecule has 6 heteroatoms. The smallest absolute Gasteiger partial charge is 0.137 e. The molecule has 0 saturated heterocycles. The van der Waals surface area contributed by atoms with Gasteiger partial charge in [-0.25, -0.2) is 15.0 Å². The van der Waals surface area contributed by atoms with Crippen molar-refractivity contribution in [3.05, 3.63) is 266 Å². The number of anilines is 9. The third kappa shape index (κ3) is 6.83. The number of pyridine rings is 3. The fraction of sp³-hybridized carbons (Fsp3) is 0.0441. The Morgan fingerprint density at radius 1 is 0.297 bits per heavy atom. The first kappa shape index (κ1) is 43.2. The summed E-state index contributed by atoms with van der Waals surface area (Å²) in [6, 6.07) is 85.1. The van der Waals surface area contributed by atoms with Gasteiger partial charge in [0.25, 0.3) is 0 Å².